The van der Waals surface area contributed by atoms with Gasteiger partial charge in [0.1, 0.15) is 12.4 Å². The minimum atomic E-state index is -0.352. The highest BCUT2D eigenvalue weighted by Gasteiger charge is 2.59. The SMILES string of the molecule is C=C(COC(=O)CCC(=O)NCCCCC(NC)C(C)=O)C1CCC2C3CCC4=CC(=O)CCC4(C)C3CCC12C. The number of ketones is 2. The van der Waals surface area contributed by atoms with Gasteiger partial charge in [-0.25, -0.2) is 0 Å². The molecular weight excluding hydrogens is 516 g/mol. The second kappa shape index (κ2) is 13.4. The molecule has 4 aliphatic carbocycles. The Labute approximate surface area is 246 Å². The number of esters is 1. The quantitative estimate of drug-likeness (QED) is 0.173. The average Bonchev–Trinajstić information content (AvgIpc) is 3.30. The van der Waals surface area contributed by atoms with Crippen LogP contribution < -0.4 is 10.6 Å². The van der Waals surface area contributed by atoms with Gasteiger partial charge in [0.2, 0.25) is 5.91 Å². The van der Waals surface area contributed by atoms with Crippen LogP contribution in [0.25, 0.3) is 0 Å². The fourth-order valence-electron chi connectivity index (χ4n) is 9.13. The van der Waals surface area contributed by atoms with Gasteiger partial charge in [-0.15, -0.1) is 0 Å². The summed E-state index contributed by atoms with van der Waals surface area (Å²) < 4.78 is 5.60. The Morgan fingerprint density at radius 3 is 2.56 bits per heavy atom. The number of likely N-dealkylation sites (N-methyl/N-ethyl adjacent to an activating group) is 1. The third kappa shape index (κ3) is 6.87. The Bertz CT molecular complexity index is 1070. The molecule has 0 radical (unpaired) electrons. The zero-order valence-electron chi connectivity index (χ0n) is 25.8. The fraction of sp³-hybridized carbons (Fsp3) is 0.765. The number of hydrogen-bond donors (Lipinski definition) is 2. The van der Waals surface area contributed by atoms with E-state index in [0.717, 1.165) is 50.5 Å². The molecule has 2 N–H and O–H groups in total. The van der Waals surface area contributed by atoms with Crippen molar-refractivity contribution in [2.24, 2.45) is 34.5 Å². The van der Waals surface area contributed by atoms with Gasteiger partial charge in [0.05, 0.1) is 12.5 Å². The molecule has 1 amide bonds. The van der Waals surface area contributed by atoms with E-state index in [1.54, 1.807) is 14.0 Å². The van der Waals surface area contributed by atoms with E-state index >= 15 is 0 Å². The Hall–Kier alpha value is -2.28. The number of hydrogen-bond acceptors (Lipinski definition) is 6. The summed E-state index contributed by atoms with van der Waals surface area (Å²) in [5, 5.41) is 5.86. The second-order valence-electron chi connectivity index (χ2n) is 13.8. The van der Waals surface area contributed by atoms with Gasteiger partial charge in [0.25, 0.3) is 0 Å². The largest absolute Gasteiger partial charge is 0.461 e. The molecule has 0 aliphatic heterocycles. The van der Waals surface area contributed by atoms with Gasteiger partial charge < -0.3 is 15.4 Å². The number of carbonyl (C=O) groups excluding carboxylic acids is 4. The number of Topliss-reactive ketones (excluding diaryl/α,β-unsaturated/α-hetero) is 1. The van der Waals surface area contributed by atoms with E-state index in [9.17, 15) is 19.2 Å². The van der Waals surface area contributed by atoms with Crippen molar-refractivity contribution in [3.05, 3.63) is 23.8 Å². The summed E-state index contributed by atoms with van der Waals surface area (Å²) in [7, 11) is 1.78. The number of ether oxygens (including phenoxy) is 1. The molecule has 228 valence electrons. The Balaban J connectivity index is 1.19. The van der Waals surface area contributed by atoms with Crippen LogP contribution in [-0.2, 0) is 23.9 Å². The molecule has 0 spiro atoms. The topological polar surface area (TPSA) is 102 Å². The predicted octanol–water partition coefficient (Wildman–Crippen LogP) is 5.48. The van der Waals surface area contributed by atoms with Gasteiger partial charge in [0, 0.05) is 19.4 Å². The van der Waals surface area contributed by atoms with E-state index in [1.165, 1.54) is 24.8 Å². The zero-order valence-corrected chi connectivity index (χ0v) is 25.8. The predicted molar refractivity (Wildman–Crippen MR) is 160 cm³/mol. The summed E-state index contributed by atoms with van der Waals surface area (Å²) in [5.41, 5.74) is 2.79. The van der Waals surface area contributed by atoms with Crippen LogP contribution in [0.15, 0.2) is 23.8 Å². The van der Waals surface area contributed by atoms with Crippen molar-refractivity contribution in [1.29, 1.82) is 0 Å². The van der Waals surface area contributed by atoms with Crippen molar-refractivity contribution in [1.82, 2.24) is 10.6 Å². The van der Waals surface area contributed by atoms with Crippen LogP contribution in [0.5, 0.6) is 0 Å². The van der Waals surface area contributed by atoms with Crippen LogP contribution in [0.2, 0.25) is 0 Å². The number of allylic oxidation sites excluding steroid dienone is 1. The van der Waals surface area contributed by atoms with Gasteiger partial charge in [-0.3, -0.25) is 19.2 Å². The van der Waals surface area contributed by atoms with Crippen LogP contribution in [0.3, 0.4) is 0 Å². The molecule has 0 aromatic rings. The van der Waals surface area contributed by atoms with Gasteiger partial charge in [-0.05, 0) is 124 Å². The number of fused-ring (bicyclic) bond motifs is 5. The third-order valence-electron chi connectivity index (χ3n) is 11.5. The van der Waals surface area contributed by atoms with Gasteiger partial charge in [-0.1, -0.05) is 26.0 Å². The van der Waals surface area contributed by atoms with E-state index in [0.29, 0.717) is 42.4 Å². The summed E-state index contributed by atoms with van der Waals surface area (Å²) in [6, 6.07) is -0.131. The molecule has 0 bridgehead atoms. The van der Waals surface area contributed by atoms with Crippen molar-refractivity contribution < 1.29 is 23.9 Å². The van der Waals surface area contributed by atoms with Crippen LogP contribution in [-0.4, -0.2) is 49.7 Å². The molecule has 0 heterocycles. The van der Waals surface area contributed by atoms with Crippen molar-refractivity contribution in [3.8, 4) is 0 Å². The first kappa shape index (κ1) is 31.7. The molecule has 7 unspecified atom stereocenters. The lowest BCUT2D eigenvalue weighted by Gasteiger charge is -2.58. The molecule has 4 rings (SSSR count). The lowest BCUT2D eigenvalue weighted by atomic mass is 9.46. The molecule has 0 aromatic heterocycles. The van der Waals surface area contributed by atoms with Gasteiger partial charge in [-0.2, -0.15) is 0 Å². The average molecular weight is 569 g/mol. The number of unbranched alkanes of at least 4 members (excludes halogenated alkanes) is 1. The Morgan fingerprint density at radius 2 is 1.83 bits per heavy atom. The number of rotatable bonds is 13. The van der Waals surface area contributed by atoms with Gasteiger partial charge >= 0.3 is 5.97 Å². The Morgan fingerprint density at radius 1 is 1.05 bits per heavy atom. The van der Waals surface area contributed by atoms with Crippen LogP contribution >= 0.6 is 0 Å². The van der Waals surface area contributed by atoms with Crippen LogP contribution in [0, 0.1) is 34.5 Å². The second-order valence-corrected chi connectivity index (χ2v) is 13.8. The summed E-state index contributed by atoms with van der Waals surface area (Å²) >= 11 is 0. The Kier molecular flexibility index (Phi) is 10.3. The molecule has 0 aromatic carbocycles. The van der Waals surface area contributed by atoms with Crippen molar-refractivity contribution >= 4 is 23.4 Å². The summed E-state index contributed by atoms with van der Waals surface area (Å²) in [5.74, 6) is 2.30. The minimum Gasteiger partial charge on any atom is -0.461 e. The highest BCUT2D eigenvalue weighted by atomic mass is 16.5. The number of amides is 1. The van der Waals surface area contributed by atoms with Crippen molar-refractivity contribution in [2.45, 2.75) is 110 Å². The summed E-state index contributed by atoms with van der Waals surface area (Å²) in [4.78, 5) is 48.2. The first-order valence-electron chi connectivity index (χ1n) is 16.0. The fourth-order valence-corrected chi connectivity index (χ4v) is 9.13. The zero-order chi connectivity index (χ0) is 29.8. The maximum absolute atomic E-state index is 12.4. The molecule has 3 saturated carbocycles. The lowest BCUT2D eigenvalue weighted by Crippen LogP contribution is -2.50. The molecule has 7 heteroatoms. The van der Waals surface area contributed by atoms with Crippen LogP contribution in [0.4, 0.5) is 0 Å². The monoisotopic (exact) mass is 568 g/mol. The van der Waals surface area contributed by atoms with Crippen LogP contribution in [0.1, 0.15) is 104 Å². The van der Waals surface area contributed by atoms with E-state index < -0.39 is 0 Å². The first-order chi connectivity index (χ1) is 19.5. The molecule has 4 aliphatic rings. The normalized spacial score (nSPS) is 33.1. The van der Waals surface area contributed by atoms with E-state index in [1.807, 2.05) is 6.08 Å². The van der Waals surface area contributed by atoms with E-state index in [2.05, 4.69) is 31.1 Å². The molecule has 7 atom stereocenters. The summed E-state index contributed by atoms with van der Waals surface area (Å²) in [6.45, 7) is 11.6. The van der Waals surface area contributed by atoms with E-state index in [-0.39, 0.29) is 54.0 Å². The maximum atomic E-state index is 12.4. The molecule has 0 saturated heterocycles. The highest BCUT2D eigenvalue weighted by molar-refractivity contribution is 5.91. The minimum absolute atomic E-state index is 0.0660. The third-order valence-corrected chi connectivity index (χ3v) is 11.5. The van der Waals surface area contributed by atoms with Crippen molar-refractivity contribution in [3.63, 3.8) is 0 Å². The molecule has 7 nitrogen and oxygen atoms in total. The number of carbonyl (C=O) groups is 4. The summed E-state index contributed by atoms with van der Waals surface area (Å²) in [6.07, 6.45) is 13.1. The lowest BCUT2D eigenvalue weighted by molar-refractivity contribution is -0.144. The standard InChI is InChI=1S/C34H52N2O5/c1-22(21-41-32(40)14-13-31(39)36-19-7-6-8-30(35-5)23(2)37)27-11-12-28-26-10-9-24-20-25(38)15-17-33(24,3)29(26)16-18-34(27,28)4/h20,26-30,35H,1,6-19,21H2,2-5H3,(H,36,39). The van der Waals surface area contributed by atoms with Gasteiger partial charge in [0.15, 0.2) is 5.78 Å². The van der Waals surface area contributed by atoms with Crippen molar-refractivity contribution in [2.75, 3.05) is 20.2 Å². The van der Waals surface area contributed by atoms with E-state index in [4.69, 9.17) is 4.74 Å². The highest BCUT2D eigenvalue weighted by Crippen LogP contribution is 2.67. The number of nitrogens with one attached hydrogen (secondary N) is 2. The maximum Gasteiger partial charge on any atom is 0.306 e. The first-order valence-corrected chi connectivity index (χ1v) is 16.0. The molecule has 3 fully saturated rings. The molecular formula is C34H52N2O5. The molecule has 41 heavy (non-hydrogen) atoms. The smallest absolute Gasteiger partial charge is 0.306 e.